The normalized spacial score (nSPS) is 10.0. The molecule has 30 heavy (non-hydrogen) atoms. The van der Waals surface area contributed by atoms with Crippen LogP contribution in [0.1, 0.15) is 0 Å². The lowest BCUT2D eigenvalue weighted by molar-refractivity contribution is 0.564. The Kier molecular flexibility index (Phi) is 5.54. The third-order valence-electron chi connectivity index (χ3n) is 4.81. The van der Waals surface area contributed by atoms with Gasteiger partial charge in [0.05, 0.1) is 0 Å². The standard InChI is InChI=1S/C26H16N2O2/c29-17-27-23-16-22(19-10-4-1-5-11-19)24(20-12-6-2-7-13-20)25(26(23)28-18-30)21-14-8-3-9-15-21/h1-16H. The molecule has 0 fully saturated rings. The third kappa shape index (κ3) is 3.65. The van der Waals surface area contributed by atoms with Gasteiger partial charge in [0.25, 0.3) is 0 Å². The molecular formula is C26H16N2O2. The number of benzene rings is 4. The number of hydrogen-bond donors (Lipinski definition) is 0. The summed E-state index contributed by atoms with van der Waals surface area (Å²) in [5.74, 6) is 0. The highest BCUT2D eigenvalue weighted by molar-refractivity contribution is 6.03. The molecule has 0 aliphatic rings. The summed E-state index contributed by atoms with van der Waals surface area (Å²) in [5, 5.41) is 0. The molecule has 142 valence electrons. The van der Waals surface area contributed by atoms with Crippen molar-refractivity contribution in [1.82, 2.24) is 0 Å². The molecule has 0 N–H and O–H groups in total. The van der Waals surface area contributed by atoms with Gasteiger partial charge in [-0.3, -0.25) is 0 Å². The predicted octanol–water partition coefficient (Wildman–Crippen LogP) is 6.62. The van der Waals surface area contributed by atoms with Gasteiger partial charge in [-0.1, -0.05) is 91.0 Å². The van der Waals surface area contributed by atoms with E-state index in [9.17, 15) is 9.59 Å². The van der Waals surface area contributed by atoms with Crippen LogP contribution in [0.5, 0.6) is 0 Å². The second-order valence-electron chi connectivity index (χ2n) is 6.55. The summed E-state index contributed by atoms with van der Waals surface area (Å²) in [4.78, 5) is 30.2. The maximum Gasteiger partial charge on any atom is 0.240 e. The molecule has 0 saturated heterocycles. The van der Waals surface area contributed by atoms with Crippen molar-refractivity contribution in [2.45, 2.75) is 0 Å². The summed E-state index contributed by atoms with van der Waals surface area (Å²) < 4.78 is 0. The molecule has 4 aromatic rings. The first-order valence-corrected chi connectivity index (χ1v) is 9.36. The summed E-state index contributed by atoms with van der Waals surface area (Å²) in [5.41, 5.74) is 5.80. The smallest absolute Gasteiger partial charge is 0.211 e. The molecule has 0 aromatic heterocycles. The van der Waals surface area contributed by atoms with E-state index in [0.717, 1.165) is 27.8 Å². The van der Waals surface area contributed by atoms with Gasteiger partial charge in [0.2, 0.25) is 12.2 Å². The Hall–Kier alpha value is -4.36. The van der Waals surface area contributed by atoms with Crippen LogP contribution in [0.2, 0.25) is 0 Å². The number of rotatable bonds is 5. The summed E-state index contributed by atoms with van der Waals surface area (Å²) in [6, 6.07) is 31.1. The molecule has 4 rings (SSSR count). The number of carbonyl (C=O) groups excluding carboxylic acids is 2. The van der Waals surface area contributed by atoms with Gasteiger partial charge in [0.1, 0.15) is 11.4 Å². The number of aliphatic imine (C=N–C) groups is 2. The van der Waals surface area contributed by atoms with Gasteiger partial charge in [-0.05, 0) is 33.9 Å². The fourth-order valence-electron chi connectivity index (χ4n) is 3.59. The quantitative estimate of drug-likeness (QED) is 0.285. The minimum absolute atomic E-state index is 0.269. The highest BCUT2D eigenvalue weighted by atomic mass is 16.1. The fourth-order valence-corrected chi connectivity index (χ4v) is 3.59. The fraction of sp³-hybridized carbons (Fsp3) is 0. The van der Waals surface area contributed by atoms with Crippen LogP contribution in [-0.2, 0) is 9.59 Å². The molecule has 4 aromatic carbocycles. The molecule has 0 unspecified atom stereocenters. The Balaban J connectivity index is 2.23. The second-order valence-corrected chi connectivity index (χ2v) is 6.55. The highest BCUT2D eigenvalue weighted by Crippen LogP contribution is 2.49. The molecule has 0 bridgehead atoms. The van der Waals surface area contributed by atoms with Crippen LogP contribution in [0.3, 0.4) is 0 Å². The molecule has 4 heteroatoms. The maximum absolute atomic E-state index is 11.3. The van der Waals surface area contributed by atoms with Gasteiger partial charge in [-0.15, -0.1) is 0 Å². The maximum atomic E-state index is 11.3. The molecule has 0 aliphatic heterocycles. The zero-order valence-corrected chi connectivity index (χ0v) is 15.9. The lowest BCUT2D eigenvalue weighted by atomic mass is 9.86. The van der Waals surface area contributed by atoms with Crippen molar-refractivity contribution < 1.29 is 9.59 Å². The van der Waals surface area contributed by atoms with Gasteiger partial charge in [-0.25, -0.2) is 9.59 Å². The SMILES string of the molecule is O=C=Nc1cc(-c2ccccc2)c(-c2ccccc2)c(-c2ccccc2)c1N=C=O. The van der Waals surface area contributed by atoms with Crippen molar-refractivity contribution in [3.8, 4) is 33.4 Å². The number of isocyanates is 2. The lowest BCUT2D eigenvalue weighted by Crippen LogP contribution is -1.92. The van der Waals surface area contributed by atoms with Crippen LogP contribution in [0.4, 0.5) is 11.4 Å². The van der Waals surface area contributed by atoms with Gasteiger partial charge < -0.3 is 0 Å². The van der Waals surface area contributed by atoms with Crippen LogP contribution in [0.25, 0.3) is 33.4 Å². The summed E-state index contributed by atoms with van der Waals surface area (Å²) in [7, 11) is 0. The van der Waals surface area contributed by atoms with Gasteiger partial charge >= 0.3 is 0 Å². The Labute approximate surface area is 173 Å². The Bertz CT molecular complexity index is 1270. The van der Waals surface area contributed by atoms with Gasteiger partial charge in [0.15, 0.2) is 0 Å². The first-order chi connectivity index (χ1) is 14.8. The van der Waals surface area contributed by atoms with E-state index in [-0.39, 0.29) is 11.4 Å². The molecule has 0 spiro atoms. The molecule has 0 heterocycles. The predicted molar refractivity (Wildman–Crippen MR) is 118 cm³/mol. The average Bonchev–Trinajstić information content (AvgIpc) is 2.81. The van der Waals surface area contributed by atoms with Crippen molar-refractivity contribution in [2.24, 2.45) is 9.98 Å². The van der Waals surface area contributed by atoms with Crippen LogP contribution >= 0.6 is 0 Å². The topological polar surface area (TPSA) is 58.9 Å². The Morgan fingerprint density at radius 3 is 1.50 bits per heavy atom. The zero-order chi connectivity index (χ0) is 20.8. The highest BCUT2D eigenvalue weighted by Gasteiger charge is 2.21. The minimum Gasteiger partial charge on any atom is -0.211 e. The van der Waals surface area contributed by atoms with E-state index in [4.69, 9.17) is 0 Å². The van der Waals surface area contributed by atoms with Crippen molar-refractivity contribution in [3.63, 3.8) is 0 Å². The minimum atomic E-state index is 0.269. The van der Waals surface area contributed by atoms with Crippen molar-refractivity contribution in [2.75, 3.05) is 0 Å². The van der Waals surface area contributed by atoms with Gasteiger partial charge in [0, 0.05) is 5.56 Å². The first-order valence-electron chi connectivity index (χ1n) is 9.36. The average molecular weight is 388 g/mol. The van der Waals surface area contributed by atoms with Crippen molar-refractivity contribution >= 4 is 23.5 Å². The molecule has 0 radical (unpaired) electrons. The molecule has 0 aliphatic carbocycles. The van der Waals surface area contributed by atoms with E-state index >= 15 is 0 Å². The van der Waals surface area contributed by atoms with E-state index in [2.05, 4.69) is 9.98 Å². The largest absolute Gasteiger partial charge is 0.240 e. The van der Waals surface area contributed by atoms with Crippen LogP contribution in [-0.4, -0.2) is 12.2 Å². The van der Waals surface area contributed by atoms with Crippen molar-refractivity contribution in [3.05, 3.63) is 97.1 Å². The van der Waals surface area contributed by atoms with E-state index in [1.165, 1.54) is 0 Å². The first kappa shape index (κ1) is 19.0. The molecule has 0 amide bonds. The monoisotopic (exact) mass is 388 g/mol. The van der Waals surface area contributed by atoms with Crippen molar-refractivity contribution in [1.29, 1.82) is 0 Å². The molecular weight excluding hydrogens is 372 g/mol. The summed E-state index contributed by atoms with van der Waals surface area (Å²) >= 11 is 0. The lowest BCUT2D eigenvalue weighted by Gasteiger charge is -2.19. The zero-order valence-electron chi connectivity index (χ0n) is 15.9. The van der Waals surface area contributed by atoms with E-state index in [1.54, 1.807) is 18.2 Å². The molecule has 0 saturated carbocycles. The third-order valence-corrected chi connectivity index (χ3v) is 4.81. The van der Waals surface area contributed by atoms with E-state index in [0.29, 0.717) is 5.56 Å². The van der Waals surface area contributed by atoms with Gasteiger partial charge in [-0.2, -0.15) is 9.98 Å². The van der Waals surface area contributed by atoms with Crippen LogP contribution in [0.15, 0.2) is 107 Å². The number of nitrogens with zero attached hydrogens (tertiary/aromatic N) is 2. The number of hydrogen-bond acceptors (Lipinski definition) is 4. The van der Waals surface area contributed by atoms with Crippen LogP contribution < -0.4 is 0 Å². The second kappa shape index (κ2) is 8.76. The van der Waals surface area contributed by atoms with E-state index < -0.39 is 0 Å². The Morgan fingerprint density at radius 2 is 1.00 bits per heavy atom. The van der Waals surface area contributed by atoms with Crippen LogP contribution in [0, 0.1) is 0 Å². The van der Waals surface area contributed by atoms with E-state index in [1.807, 2.05) is 91.0 Å². The molecule has 4 nitrogen and oxygen atoms in total. The Morgan fingerprint density at radius 1 is 0.533 bits per heavy atom. The molecule has 0 atom stereocenters. The summed E-state index contributed by atoms with van der Waals surface area (Å²) in [6.45, 7) is 0. The summed E-state index contributed by atoms with van der Waals surface area (Å²) in [6.07, 6.45) is 3.20.